The number of pyridine rings is 1. The van der Waals surface area contributed by atoms with Crippen molar-refractivity contribution in [1.82, 2.24) is 9.88 Å². The van der Waals surface area contributed by atoms with Crippen molar-refractivity contribution in [1.29, 1.82) is 0 Å². The molecule has 2 aliphatic heterocycles. The van der Waals surface area contributed by atoms with Crippen LogP contribution in [0.15, 0.2) is 39.1 Å². The Bertz CT molecular complexity index is 871. The van der Waals surface area contributed by atoms with Crippen LogP contribution in [-0.4, -0.2) is 61.7 Å². The minimum absolute atomic E-state index is 0.0101. The maximum Gasteiger partial charge on any atom is 0.410 e. The SMILES string of the molecule is CC(C)(C)OC(=O)N1CC2=C(C1)C(COCC[Si](C)(C)C)C(c1cc(Br)ccn1)=N2. The highest BCUT2D eigenvalue weighted by Crippen LogP contribution is 2.35. The molecule has 0 spiro atoms. The molecule has 0 saturated heterocycles. The second-order valence-electron chi connectivity index (χ2n) is 10.1. The van der Waals surface area contributed by atoms with Crippen LogP contribution in [0.1, 0.15) is 26.5 Å². The molecule has 0 aliphatic carbocycles. The van der Waals surface area contributed by atoms with Crippen LogP contribution >= 0.6 is 15.9 Å². The first-order chi connectivity index (χ1) is 13.9. The molecule has 0 radical (unpaired) electrons. The van der Waals surface area contributed by atoms with Gasteiger partial charge in [-0.15, -0.1) is 0 Å². The van der Waals surface area contributed by atoms with E-state index in [1.807, 2.05) is 32.9 Å². The number of aromatic nitrogens is 1. The van der Waals surface area contributed by atoms with Crippen molar-refractivity contribution in [3.05, 3.63) is 39.8 Å². The van der Waals surface area contributed by atoms with Gasteiger partial charge in [0.05, 0.1) is 36.2 Å². The lowest BCUT2D eigenvalue weighted by Crippen LogP contribution is -2.37. The third-order valence-electron chi connectivity index (χ3n) is 5.00. The first-order valence-corrected chi connectivity index (χ1v) is 14.9. The van der Waals surface area contributed by atoms with Gasteiger partial charge in [0.2, 0.25) is 0 Å². The Balaban J connectivity index is 1.75. The molecule has 8 heteroatoms. The Morgan fingerprint density at radius 3 is 2.67 bits per heavy atom. The summed E-state index contributed by atoms with van der Waals surface area (Å²) in [5.74, 6) is 0.0101. The average Bonchev–Trinajstić information content (AvgIpc) is 3.15. The van der Waals surface area contributed by atoms with Crippen molar-refractivity contribution in [3.63, 3.8) is 0 Å². The van der Waals surface area contributed by atoms with E-state index < -0.39 is 13.7 Å². The average molecular weight is 495 g/mol. The number of halogens is 1. The number of hydrogen-bond donors (Lipinski definition) is 0. The first-order valence-electron chi connectivity index (χ1n) is 10.4. The predicted octanol–water partition coefficient (Wildman–Crippen LogP) is 5.12. The van der Waals surface area contributed by atoms with Crippen LogP contribution in [-0.2, 0) is 9.47 Å². The number of rotatable bonds is 6. The minimum Gasteiger partial charge on any atom is -0.444 e. The molecule has 0 N–H and O–H groups in total. The van der Waals surface area contributed by atoms with E-state index in [2.05, 4.69) is 40.6 Å². The third-order valence-corrected chi connectivity index (χ3v) is 7.19. The lowest BCUT2D eigenvalue weighted by molar-refractivity contribution is 0.0295. The van der Waals surface area contributed by atoms with Crippen molar-refractivity contribution in [2.45, 2.75) is 52.1 Å². The van der Waals surface area contributed by atoms with Crippen LogP contribution in [0, 0.1) is 5.92 Å². The first kappa shape index (κ1) is 23.2. The van der Waals surface area contributed by atoms with E-state index in [4.69, 9.17) is 14.5 Å². The van der Waals surface area contributed by atoms with Gasteiger partial charge in [-0.1, -0.05) is 35.6 Å². The zero-order chi connectivity index (χ0) is 22.1. The molecule has 1 aromatic heterocycles. The molecule has 0 bridgehead atoms. The lowest BCUT2D eigenvalue weighted by Gasteiger charge is -2.26. The number of carbonyl (C=O) groups is 1. The molecule has 1 aromatic rings. The van der Waals surface area contributed by atoms with E-state index in [9.17, 15) is 4.79 Å². The molecule has 1 atom stereocenters. The lowest BCUT2D eigenvalue weighted by atomic mass is 9.94. The second-order valence-corrected chi connectivity index (χ2v) is 16.6. The maximum absolute atomic E-state index is 12.5. The van der Waals surface area contributed by atoms with E-state index in [0.717, 1.165) is 39.8 Å². The van der Waals surface area contributed by atoms with E-state index in [0.29, 0.717) is 19.7 Å². The highest BCUT2D eigenvalue weighted by Gasteiger charge is 2.39. The van der Waals surface area contributed by atoms with Crippen LogP contribution in [0.3, 0.4) is 0 Å². The number of nitrogens with zero attached hydrogens (tertiary/aromatic N) is 3. The number of carbonyl (C=O) groups excluding carboxylic acids is 1. The van der Waals surface area contributed by atoms with Gasteiger partial charge in [-0.2, -0.15) is 0 Å². The zero-order valence-corrected chi connectivity index (χ0v) is 21.4. The van der Waals surface area contributed by atoms with Crippen molar-refractivity contribution in [2.75, 3.05) is 26.3 Å². The van der Waals surface area contributed by atoms with Gasteiger partial charge in [0.15, 0.2) is 0 Å². The van der Waals surface area contributed by atoms with Gasteiger partial charge in [-0.25, -0.2) is 4.79 Å². The monoisotopic (exact) mass is 493 g/mol. The fourth-order valence-electron chi connectivity index (χ4n) is 3.44. The molecule has 1 amide bonds. The summed E-state index contributed by atoms with van der Waals surface area (Å²) < 4.78 is 12.6. The summed E-state index contributed by atoms with van der Waals surface area (Å²) in [6.07, 6.45) is 1.48. The van der Waals surface area contributed by atoms with Gasteiger partial charge in [-0.3, -0.25) is 14.9 Å². The summed E-state index contributed by atoms with van der Waals surface area (Å²) in [6.45, 7) is 15.0. The molecule has 164 valence electrons. The van der Waals surface area contributed by atoms with Gasteiger partial charge >= 0.3 is 6.09 Å². The van der Waals surface area contributed by atoms with E-state index in [-0.39, 0.29) is 12.0 Å². The maximum atomic E-state index is 12.5. The fraction of sp³-hybridized carbons (Fsp3) is 0.591. The predicted molar refractivity (Wildman–Crippen MR) is 126 cm³/mol. The van der Waals surface area contributed by atoms with Crippen molar-refractivity contribution < 1.29 is 14.3 Å². The highest BCUT2D eigenvalue weighted by molar-refractivity contribution is 9.10. The molecule has 3 heterocycles. The second kappa shape index (κ2) is 8.92. The molecular formula is C22H32BrN3O3Si. The Hall–Kier alpha value is -1.51. The van der Waals surface area contributed by atoms with Crippen LogP contribution in [0.4, 0.5) is 4.79 Å². The minimum atomic E-state index is -1.15. The Morgan fingerprint density at radius 1 is 1.30 bits per heavy atom. The molecule has 6 nitrogen and oxygen atoms in total. The standard InChI is InChI=1S/C22H32BrN3O3Si/c1-22(2,3)29-21(27)26-12-16-17(14-28-9-10-30(4,5)6)20(25-19(16)13-26)18-11-15(23)7-8-24-18/h7-8,11,17H,9-10,12-14H2,1-6H3. The van der Waals surface area contributed by atoms with Crippen LogP contribution in [0.25, 0.3) is 0 Å². The van der Waals surface area contributed by atoms with Crippen LogP contribution in [0.5, 0.6) is 0 Å². The molecule has 3 rings (SSSR count). The number of aliphatic imine (C=N–C) groups is 1. The molecular weight excluding hydrogens is 462 g/mol. The molecule has 0 fully saturated rings. The topological polar surface area (TPSA) is 64.0 Å². The summed E-state index contributed by atoms with van der Waals surface area (Å²) in [5.41, 5.74) is 3.35. The summed E-state index contributed by atoms with van der Waals surface area (Å²) in [7, 11) is -1.15. The van der Waals surface area contributed by atoms with Gasteiger partial charge in [0, 0.05) is 31.9 Å². The van der Waals surface area contributed by atoms with Crippen molar-refractivity contribution in [2.24, 2.45) is 10.9 Å². The summed E-state index contributed by atoms with van der Waals surface area (Å²) >= 11 is 3.53. The van der Waals surface area contributed by atoms with E-state index in [1.165, 1.54) is 0 Å². The Kier molecular flexibility index (Phi) is 6.89. The number of ether oxygens (including phenoxy) is 2. The molecule has 0 aromatic carbocycles. The van der Waals surface area contributed by atoms with Crippen LogP contribution < -0.4 is 0 Å². The Morgan fingerprint density at radius 2 is 2.03 bits per heavy atom. The Labute approximate surface area is 188 Å². The quantitative estimate of drug-likeness (QED) is 0.407. The van der Waals surface area contributed by atoms with Gasteiger partial charge in [0.1, 0.15) is 5.60 Å². The highest BCUT2D eigenvalue weighted by atomic mass is 79.9. The third kappa shape index (κ3) is 6.01. The number of amides is 1. The van der Waals surface area contributed by atoms with Gasteiger partial charge < -0.3 is 9.47 Å². The normalized spacial score (nSPS) is 19.2. The number of hydrogen-bond acceptors (Lipinski definition) is 5. The molecule has 30 heavy (non-hydrogen) atoms. The molecule has 1 unspecified atom stereocenters. The van der Waals surface area contributed by atoms with Crippen LogP contribution in [0.2, 0.25) is 25.7 Å². The van der Waals surface area contributed by atoms with Gasteiger partial charge in [-0.05, 0) is 44.5 Å². The summed E-state index contributed by atoms with van der Waals surface area (Å²) in [5, 5.41) is 0. The van der Waals surface area contributed by atoms with Crippen molar-refractivity contribution in [3.8, 4) is 0 Å². The van der Waals surface area contributed by atoms with Crippen molar-refractivity contribution >= 4 is 35.8 Å². The van der Waals surface area contributed by atoms with E-state index in [1.54, 1.807) is 11.1 Å². The zero-order valence-electron chi connectivity index (χ0n) is 18.8. The smallest absolute Gasteiger partial charge is 0.410 e. The van der Waals surface area contributed by atoms with Gasteiger partial charge in [0.25, 0.3) is 0 Å². The molecule has 2 aliphatic rings. The fourth-order valence-corrected chi connectivity index (χ4v) is 4.53. The van der Waals surface area contributed by atoms with E-state index >= 15 is 0 Å². The largest absolute Gasteiger partial charge is 0.444 e. The molecule has 0 saturated carbocycles. The summed E-state index contributed by atoms with van der Waals surface area (Å²) in [4.78, 5) is 23.7. The summed E-state index contributed by atoms with van der Waals surface area (Å²) in [6, 6.07) is 5.02.